The Hall–Kier alpha value is -3.00. The van der Waals surface area contributed by atoms with Crippen LogP contribution in [0.25, 0.3) is 11.4 Å². The third kappa shape index (κ3) is 5.28. The van der Waals surface area contributed by atoms with E-state index in [0.717, 1.165) is 5.56 Å². The molecule has 3 atom stereocenters. The Balaban J connectivity index is 2.08. The normalized spacial score (nSPS) is 17.9. The molecule has 0 aliphatic carbocycles. The predicted octanol–water partition coefficient (Wildman–Crippen LogP) is 2.89. The standard InChI is InChI=1S/C25H33FN6O5S/c1-14(2)35-12-19-13-36-21-8-7-18(26)9-20(21)22-30-31-24(32(19)22)25(37-15(3)4,17(6)38(27,33)34)23-28-10-16(5)11-29-23/h7-11,14-15,17,19H,12-13H2,1-6H3,(H2,27,33,34)/t17?,19-,25?/m1/s1. The number of primary sulfonamides is 1. The quantitative estimate of drug-likeness (QED) is 0.427. The lowest BCUT2D eigenvalue weighted by atomic mass is 9.95. The number of ether oxygens (including phenoxy) is 3. The minimum Gasteiger partial charge on any atom is -0.491 e. The van der Waals surface area contributed by atoms with Gasteiger partial charge in [0.2, 0.25) is 15.6 Å². The molecular formula is C25H33FN6O5S. The van der Waals surface area contributed by atoms with E-state index in [9.17, 15) is 12.8 Å². The van der Waals surface area contributed by atoms with Crippen LogP contribution in [-0.4, -0.2) is 63.8 Å². The summed E-state index contributed by atoms with van der Waals surface area (Å²) in [6.45, 7) is 10.8. The van der Waals surface area contributed by atoms with E-state index in [1.54, 1.807) is 30.8 Å². The Morgan fingerprint density at radius 3 is 2.45 bits per heavy atom. The molecule has 206 valence electrons. The molecule has 1 aromatic carbocycles. The van der Waals surface area contributed by atoms with Crippen molar-refractivity contribution in [3.8, 4) is 17.1 Å². The Morgan fingerprint density at radius 1 is 1.16 bits per heavy atom. The zero-order chi connectivity index (χ0) is 27.8. The van der Waals surface area contributed by atoms with Crippen LogP contribution >= 0.6 is 0 Å². The van der Waals surface area contributed by atoms with Gasteiger partial charge in [0, 0.05) is 12.4 Å². The second kappa shape index (κ2) is 10.6. The van der Waals surface area contributed by atoms with Gasteiger partial charge in [-0.1, -0.05) is 0 Å². The van der Waals surface area contributed by atoms with Gasteiger partial charge in [-0.05, 0) is 65.3 Å². The molecule has 1 aliphatic rings. The van der Waals surface area contributed by atoms with Gasteiger partial charge in [-0.3, -0.25) is 4.57 Å². The molecule has 13 heteroatoms. The number of nitrogens with zero attached hydrogens (tertiary/aromatic N) is 5. The minimum absolute atomic E-state index is 0.0432. The molecule has 4 rings (SSSR count). The summed E-state index contributed by atoms with van der Waals surface area (Å²) in [4.78, 5) is 8.93. The van der Waals surface area contributed by atoms with Crippen molar-refractivity contribution < 1.29 is 27.0 Å². The van der Waals surface area contributed by atoms with Crippen LogP contribution in [0.4, 0.5) is 4.39 Å². The first-order chi connectivity index (χ1) is 17.8. The van der Waals surface area contributed by atoms with Crippen molar-refractivity contribution in [2.24, 2.45) is 5.14 Å². The number of hydrogen-bond acceptors (Lipinski definition) is 9. The monoisotopic (exact) mass is 548 g/mol. The minimum atomic E-state index is -4.25. The summed E-state index contributed by atoms with van der Waals surface area (Å²) in [5, 5.41) is 13.2. The lowest BCUT2D eigenvalue weighted by Crippen LogP contribution is -2.52. The maximum Gasteiger partial charge on any atom is 0.215 e. The van der Waals surface area contributed by atoms with E-state index in [0.29, 0.717) is 11.3 Å². The number of aromatic nitrogens is 5. The molecule has 0 amide bonds. The molecule has 11 nitrogen and oxygen atoms in total. The number of nitrogens with two attached hydrogens (primary N) is 1. The number of fused-ring (bicyclic) bond motifs is 3. The molecule has 2 unspecified atom stereocenters. The van der Waals surface area contributed by atoms with E-state index in [2.05, 4.69) is 20.2 Å². The third-order valence-electron chi connectivity index (χ3n) is 6.23. The molecule has 1 aliphatic heterocycles. The lowest BCUT2D eigenvalue weighted by Gasteiger charge is -2.38. The molecule has 0 bridgehead atoms. The van der Waals surface area contributed by atoms with Crippen LogP contribution in [0.1, 0.15) is 57.9 Å². The van der Waals surface area contributed by atoms with Crippen molar-refractivity contribution in [1.29, 1.82) is 0 Å². The molecule has 0 saturated heterocycles. The van der Waals surface area contributed by atoms with Gasteiger partial charge >= 0.3 is 0 Å². The number of rotatable bonds is 9. The van der Waals surface area contributed by atoms with Crippen molar-refractivity contribution in [2.45, 2.75) is 70.6 Å². The van der Waals surface area contributed by atoms with Gasteiger partial charge in [0.15, 0.2) is 17.5 Å². The van der Waals surface area contributed by atoms with Gasteiger partial charge in [-0.25, -0.2) is 27.9 Å². The zero-order valence-electron chi connectivity index (χ0n) is 22.3. The molecule has 0 saturated carbocycles. The number of benzene rings is 1. The fourth-order valence-corrected chi connectivity index (χ4v) is 5.14. The largest absolute Gasteiger partial charge is 0.491 e. The van der Waals surface area contributed by atoms with Gasteiger partial charge in [0.05, 0.1) is 30.4 Å². The molecule has 3 heterocycles. The van der Waals surface area contributed by atoms with Crippen LogP contribution < -0.4 is 9.88 Å². The van der Waals surface area contributed by atoms with E-state index < -0.39 is 38.8 Å². The Kier molecular flexibility index (Phi) is 7.84. The summed E-state index contributed by atoms with van der Waals surface area (Å²) < 4.78 is 60.4. The maximum absolute atomic E-state index is 14.4. The molecule has 2 aromatic heterocycles. The van der Waals surface area contributed by atoms with Crippen molar-refractivity contribution >= 4 is 10.0 Å². The average molecular weight is 549 g/mol. The summed E-state index contributed by atoms with van der Waals surface area (Å²) in [5.41, 5.74) is -0.770. The highest BCUT2D eigenvalue weighted by molar-refractivity contribution is 7.89. The van der Waals surface area contributed by atoms with Crippen molar-refractivity contribution in [3.63, 3.8) is 0 Å². The van der Waals surface area contributed by atoms with Crippen molar-refractivity contribution in [3.05, 3.63) is 53.6 Å². The molecule has 0 spiro atoms. The second-order valence-electron chi connectivity index (χ2n) is 9.92. The van der Waals surface area contributed by atoms with E-state index in [4.69, 9.17) is 19.3 Å². The van der Waals surface area contributed by atoms with Crippen molar-refractivity contribution in [2.75, 3.05) is 13.2 Å². The fourth-order valence-electron chi connectivity index (χ4n) is 4.42. The molecule has 0 radical (unpaired) electrons. The fraction of sp³-hybridized carbons (Fsp3) is 0.520. The smallest absolute Gasteiger partial charge is 0.215 e. The molecule has 0 fully saturated rings. The van der Waals surface area contributed by atoms with Gasteiger partial charge in [0.25, 0.3) is 0 Å². The van der Waals surface area contributed by atoms with Crippen LogP contribution in [0.15, 0.2) is 30.6 Å². The highest BCUT2D eigenvalue weighted by Gasteiger charge is 2.54. The van der Waals surface area contributed by atoms with E-state index in [1.165, 1.54) is 25.1 Å². The summed E-state index contributed by atoms with van der Waals surface area (Å²) >= 11 is 0. The lowest BCUT2D eigenvalue weighted by molar-refractivity contribution is -0.0721. The Bertz CT molecular complexity index is 1400. The third-order valence-corrected chi connectivity index (χ3v) is 7.55. The second-order valence-corrected chi connectivity index (χ2v) is 11.8. The predicted molar refractivity (Wildman–Crippen MR) is 137 cm³/mol. The highest BCUT2D eigenvalue weighted by atomic mass is 32.2. The van der Waals surface area contributed by atoms with Crippen LogP contribution in [0, 0.1) is 12.7 Å². The number of sulfonamides is 1. The van der Waals surface area contributed by atoms with Crippen molar-refractivity contribution in [1.82, 2.24) is 24.7 Å². The van der Waals surface area contributed by atoms with Crippen LogP contribution in [0.5, 0.6) is 5.75 Å². The highest BCUT2D eigenvalue weighted by Crippen LogP contribution is 2.43. The van der Waals surface area contributed by atoms with E-state index >= 15 is 0 Å². The first kappa shape index (κ1) is 28.0. The Morgan fingerprint density at radius 2 is 1.84 bits per heavy atom. The number of hydrogen-bond donors (Lipinski definition) is 1. The molecule has 3 aromatic rings. The summed E-state index contributed by atoms with van der Waals surface area (Å²) in [5.74, 6) is 0.297. The topological polar surface area (TPSA) is 144 Å². The summed E-state index contributed by atoms with van der Waals surface area (Å²) in [6.07, 6.45) is 2.50. The summed E-state index contributed by atoms with van der Waals surface area (Å²) in [6, 6.07) is 3.56. The first-order valence-electron chi connectivity index (χ1n) is 12.3. The first-order valence-corrected chi connectivity index (χ1v) is 13.9. The van der Waals surface area contributed by atoms with Gasteiger partial charge in [-0.2, -0.15) is 0 Å². The van der Waals surface area contributed by atoms with Gasteiger partial charge in [-0.15, -0.1) is 10.2 Å². The Labute approximate surface area is 221 Å². The van der Waals surface area contributed by atoms with Gasteiger partial charge in [0.1, 0.15) is 23.4 Å². The van der Waals surface area contributed by atoms with Crippen LogP contribution in [0.3, 0.4) is 0 Å². The molecule has 2 N–H and O–H groups in total. The number of halogens is 1. The zero-order valence-corrected chi connectivity index (χ0v) is 23.1. The summed E-state index contributed by atoms with van der Waals surface area (Å²) in [7, 11) is -4.25. The van der Waals surface area contributed by atoms with Crippen LogP contribution in [-0.2, 0) is 25.1 Å². The maximum atomic E-state index is 14.4. The molecule has 38 heavy (non-hydrogen) atoms. The van der Waals surface area contributed by atoms with Gasteiger partial charge < -0.3 is 14.2 Å². The van der Waals surface area contributed by atoms with E-state index in [1.807, 2.05) is 20.8 Å². The SMILES string of the molecule is Cc1cnc(C(OC(C)C)(c2nnc3n2[C@H](COC(C)C)COc2ccc(F)cc2-3)C(C)S(N)(=O)=O)nc1. The number of aryl methyl sites for hydroxylation is 1. The van der Waals surface area contributed by atoms with E-state index in [-0.39, 0.29) is 36.8 Å². The van der Waals surface area contributed by atoms with Crippen LogP contribution in [0.2, 0.25) is 0 Å². The molecular weight excluding hydrogens is 515 g/mol. The average Bonchev–Trinajstić information content (AvgIpc) is 3.21.